The van der Waals surface area contributed by atoms with Gasteiger partial charge in [-0.15, -0.1) is 12.4 Å². The molecule has 3 N–H and O–H groups in total. The molecule has 2 aromatic heterocycles. The fraction of sp³-hybridized carbons (Fsp3) is 0.250. The van der Waals surface area contributed by atoms with E-state index in [4.69, 9.17) is 17.3 Å². The maximum Gasteiger partial charge on any atom is 0.268 e. The Morgan fingerprint density at radius 1 is 1.06 bits per heavy atom. The summed E-state index contributed by atoms with van der Waals surface area (Å²) in [6, 6.07) is 16.0. The molecule has 0 bridgehead atoms. The number of aromatic nitrogens is 3. The van der Waals surface area contributed by atoms with Gasteiger partial charge in [-0.2, -0.15) is 0 Å². The number of nitrogens with zero attached hydrogens (tertiary/aromatic N) is 3. The van der Waals surface area contributed by atoms with Gasteiger partial charge in [-0.1, -0.05) is 48.0 Å². The van der Waals surface area contributed by atoms with Gasteiger partial charge in [0.15, 0.2) is 0 Å². The van der Waals surface area contributed by atoms with Gasteiger partial charge in [0, 0.05) is 29.2 Å². The Morgan fingerprint density at radius 3 is 2.56 bits per heavy atom. The van der Waals surface area contributed by atoms with E-state index in [0.29, 0.717) is 27.7 Å². The van der Waals surface area contributed by atoms with Crippen LogP contribution in [0.3, 0.4) is 0 Å². The minimum atomic E-state index is -3.80. The number of rotatable bonds is 5. The quantitative estimate of drug-likeness (QED) is 0.382. The number of anilines is 1. The number of benzene rings is 2. The fourth-order valence-electron chi connectivity index (χ4n) is 4.41. The summed E-state index contributed by atoms with van der Waals surface area (Å²) in [6.07, 6.45) is 7.08. The third-order valence-electron chi connectivity index (χ3n) is 6.03. The van der Waals surface area contributed by atoms with E-state index >= 15 is 0 Å². The van der Waals surface area contributed by atoms with Crippen LogP contribution in [0, 0.1) is 0 Å². The number of halogens is 2. The van der Waals surface area contributed by atoms with Crippen molar-refractivity contribution in [3.8, 4) is 11.3 Å². The molecule has 0 aliphatic heterocycles. The van der Waals surface area contributed by atoms with E-state index in [-0.39, 0.29) is 29.4 Å². The predicted molar refractivity (Wildman–Crippen MR) is 138 cm³/mol. The number of fused-ring (bicyclic) bond motifs is 1. The van der Waals surface area contributed by atoms with Gasteiger partial charge in [0.2, 0.25) is 5.95 Å². The van der Waals surface area contributed by atoms with Crippen LogP contribution >= 0.6 is 24.0 Å². The molecule has 1 saturated carbocycles. The molecule has 4 aromatic rings. The molecule has 5 rings (SSSR count). The summed E-state index contributed by atoms with van der Waals surface area (Å²) < 4.78 is 28.1. The average Bonchev–Trinajstić information content (AvgIpc) is 3.21. The first-order valence-corrected chi connectivity index (χ1v) is 12.7. The largest absolute Gasteiger partial charge is 0.351 e. The molecule has 2 heterocycles. The Labute approximate surface area is 209 Å². The number of hydrogen-bond acceptors (Lipinski definition) is 6. The molecule has 178 valence electrons. The molecule has 34 heavy (non-hydrogen) atoms. The van der Waals surface area contributed by atoms with Crippen LogP contribution in [-0.2, 0) is 10.0 Å². The highest BCUT2D eigenvalue weighted by Gasteiger charge is 2.24. The van der Waals surface area contributed by atoms with Gasteiger partial charge >= 0.3 is 0 Å². The van der Waals surface area contributed by atoms with Crippen LogP contribution in [0.25, 0.3) is 22.2 Å². The highest BCUT2D eigenvalue weighted by atomic mass is 35.5. The summed E-state index contributed by atoms with van der Waals surface area (Å²) in [4.78, 5) is 9.23. The second kappa shape index (κ2) is 9.92. The van der Waals surface area contributed by atoms with Gasteiger partial charge in [-0.3, -0.25) is 0 Å². The van der Waals surface area contributed by atoms with Crippen molar-refractivity contribution in [2.75, 3.05) is 5.32 Å². The van der Waals surface area contributed by atoms with Crippen LogP contribution in [0.15, 0.2) is 71.9 Å². The number of nitrogens with one attached hydrogen (secondary N) is 1. The SMILES string of the molecule is Cl.N[C@H]1CCC[C@@H](Nc2ncc(Cl)c(-c3cn(S(=O)(=O)c4ccccc4)c4ccccc34)n2)C1. The normalized spacial score (nSPS) is 18.4. The molecule has 0 spiro atoms. The molecule has 1 fully saturated rings. The van der Waals surface area contributed by atoms with E-state index in [2.05, 4.69) is 15.3 Å². The Bertz CT molecular complexity index is 1410. The zero-order chi connectivity index (χ0) is 23.0. The molecule has 2 atom stereocenters. The standard InChI is InChI=1S/C24H24ClN5O2S.ClH/c25-21-14-27-24(28-17-8-6-7-16(26)13-17)29-23(21)20-15-30(22-12-5-4-11-19(20)22)33(31,32)18-9-2-1-3-10-18;/h1-5,9-12,14-17H,6-8,13,26H2,(H,27,28,29);1H/t16-,17+;/m0./s1. The minimum absolute atomic E-state index is 0. The molecule has 2 aromatic carbocycles. The van der Waals surface area contributed by atoms with Crippen molar-refractivity contribution >= 4 is 50.9 Å². The van der Waals surface area contributed by atoms with Crippen LogP contribution < -0.4 is 11.1 Å². The summed E-state index contributed by atoms with van der Waals surface area (Å²) >= 11 is 6.51. The fourth-order valence-corrected chi connectivity index (χ4v) is 5.99. The smallest absolute Gasteiger partial charge is 0.268 e. The van der Waals surface area contributed by atoms with Crippen molar-refractivity contribution in [2.24, 2.45) is 5.73 Å². The maximum absolute atomic E-state index is 13.4. The van der Waals surface area contributed by atoms with Crippen molar-refractivity contribution in [3.63, 3.8) is 0 Å². The van der Waals surface area contributed by atoms with Gasteiger partial charge in [0.05, 0.1) is 27.3 Å². The molecule has 1 aliphatic rings. The molecule has 0 amide bonds. The molecule has 10 heteroatoms. The van der Waals surface area contributed by atoms with Gasteiger partial charge in [-0.05, 0) is 43.9 Å². The van der Waals surface area contributed by atoms with Crippen molar-refractivity contribution < 1.29 is 8.42 Å². The highest BCUT2D eigenvalue weighted by Crippen LogP contribution is 2.36. The maximum atomic E-state index is 13.4. The van der Waals surface area contributed by atoms with E-state index in [9.17, 15) is 8.42 Å². The second-order valence-corrected chi connectivity index (χ2v) is 10.6. The lowest BCUT2D eigenvalue weighted by Crippen LogP contribution is -2.35. The van der Waals surface area contributed by atoms with Gasteiger partial charge in [-0.25, -0.2) is 22.4 Å². The van der Waals surface area contributed by atoms with Crippen molar-refractivity contribution in [1.82, 2.24) is 13.9 Å². The monoisotopic (exact) mass is 517 g/mol. The number of hydrogen-bond donors (Lipinski definition) is 2. The van der Waals surface area contributed by atoms with Crippen molar-refractivity contribution in [2.45, 2.75) is 42.7 Å². The molecule has 0 saturated heterocycles. The third-order valence-corrected chi connectivity index (χ3v) is 7.99. The Hall–Kier alpha value is -2.65. The van der Waals surface area contributed by atoms with Crippen molar-refractivity contribution in [1.29, 1.82) is 0 Å². The average molecular weight is 518 g/mol. The lowest BCUT2D eigenvalue weighted by atomic mass is 9.92. The molecule has 0 radical (unpaired) electrons. The summed E-state index contributed by atoms with van der Waals surface area (Å²) in [6.45, 7) is 0. The van der Waals surface area contributed by atoms with Crippen LogP contribution in [0.5, 0.6) is 0 Å². The van der Waals surface area contributed by atoms with Gasteiger partial charge in [0.1, 0.15) is 0 Å². The highest BCUT2D eigenvalue weighted by molar-refractivity contribution is 7.90. The second-order valence-electron chi connectivity index (χ2n) is 8.33. The lowest BCUT2D eigenvalue weighted by Gasteiger charge is -2.27. The van der Waals surface area contributed by atoms with E-state index in [1.807, 2.05) is 18.2 Å². The Balaban J connectivity index is 0.00000274. The molecular weight excluding hydrogens is 493 g/mol. The minimum Gasteiger partial charge on any atom is -0.351 e. The molecule has 1 aliphatic carbocycles. The third kappa shape index (κ3) is 4.63. The van der Waals surface area contributed by atoms with E-state index < -0.39 is 10.0 Å². The predicted octanol–water partition coefficient (Wildman–Crippen LogP) is 5.09. The Morgan fingerprint density at radius 2 is 1.79 bits per heavy atom. The lowest BCUT2D eigenvalue weighted by molar-refractivity contribution is 0.408. The zero-order valence-corrected chi connectivity index (χ0v) is 20.7. The summed E-state index contributed by atoms with van der Waals surface area (Å²) in [5, 5.41) is 4.46. The first-order chi connectivity index (χ1) is 15.9. The summed E-state index contributed by atoms with van der Waals surface area (Å²) in [7, 11) is -3.80. The van der Waals surface area contributed by atoms with E-state index in [0.717, 1.165) is 31.1 Å². The number of nitrogens with two attached hydrogens (primary N) is 1. The van der Waals surface area contributed by atoms with E-state index in [1.54, 1.807) is 48.8 Å². The van der Waals surface area contributed by atoms with E-state index in [1.165, 1.54) is 3.97 Å². The van der Waals surface area contributed by atoms with Gasteiger partial charge in [0.25, 0.3) is 10.0 Å². The van der Waals surface area contributed by atoms with Gasteiger partial charge < -0.3 is 11.1 Å². The zero-order valence-electron chi connectivity index (χ0n) is 18.3. The molecule has 7 nitrogen and oxygen atoms in total. The van der Waals surface area contributed by atoms with Crippen LogP contribution in [0.4, 0.5) is 5.95 Å². The summed E-state index contributed by atoms with van der Waals surface area (Å²) in [5.41, 5.74) is 7.78. The topological polar surface area (TPSA) is 103 Å². The Kier molecular flexibility index (Phi) is 7.14. The molecular formula is C24H25Cl2N5O2S. The number of para-hydroxylation sites is 1. The van der Waals surface area contributed by atoms with Crippen LogP contribution in [0.2, 0.25) is 5.02 Å². The molecule has 0 unspecified atom stereocenters. The first kappa shape index (κ1) is 24.5. The van der Waals surface area contributed by atoms with Crippen LogP contribution in [0.1, 0.15) is 25.7 Å². The first-order valence-electron chi connectivity index (χ1n) is 10.9. The van der Waals surface area contributed by atoms with Crippen LogP contribution in [-0.4, -0.2) is 34.4 Å². The summed E-state index contributed by atoms with van der Waals surface area (Å²) in [5.74, 6) is 0.455. The van der Waals surface area contributed by atoms with Crippen molar-refractivity contribution in [3.05, 3.63) is 72.0 Å².